The van der Waals surface area contributed by atoms with Gasteiger partial charge in [-0.05, 0) is 68.2 Å². The van der Waals surface area contributed by atoms with E-state index in [1.54, 1.807) is 34.6 Å². The van der Waals surface area contributed by atoms with Gasteiger partial charge in [-0.3, -0.25) is 14.4 Å². The molecule has 12 heteroatoms. The topological polar surface area (TPSA) is 172 Å². The number of hydrogen-bond acceptors (Lipinski definition) is 7. The Morgan fingerprint density at radius 3 is 1.98 bits per heavy atom. The van der Waals surface area contributed by atoms with Crippen LogP contribution < -0.4 is 21.3 Å². The summed E-state index contributed by atoms with van der Waals surface area (Å²) in [7, 11) is 0. The second-order valence-electron chi connectivity index (χ2n) is 12.3. The number of amides is 4. The molecule has 2 aromatic rings. The maximum atomic E-state index is 13.1. The fourth-order valence-electron chi connectivity index (χ4n) is 5.10. The molecule has 0 radical (unpaired) electrons. The number of nitrogens with one attached hydrogen (secondary N) is 4. The van der Waals surface area contributed by atoms with Crippen molar-refractivity contribution in [3.8, 4) is 11.1 Å². The molecule has 0 aromatic heterocycles. The molecule has 0 spiro atoms. The van der Waals surface area contributed by atoms with E-state index in [1.807, 2.05) is 36.4 Å². The van der Waals surface area contributed by atoms with Crippen LogP contribution in [0.4, 0.5) is 9.59 Å². The summed E-state index contributed by atoms with van der Waals surface area (Å²) in [4.78, 5) is 61.6. The number of ether oxygens (including phenoxy) is 2. The Kier molecular flexibility index (Phi) is 12.3. The van der Waals surface area contributed by atoms with Crippen LogP contribution >= 0.6 is 0 Å². The molecule has 45 heavy (non-hydrogen) atoms. The number of benzene rings is 2. The van der Waals surface area contributed by atoms with Crippen molar-refractivity contribution in [2.45, 2.75) is 77.5 Å². The van der Waals surface area contributed by atoms with E-state index in [2.05, 4.69) is 33.4 Å². The van der Waals surface area contributed by atoms with Crippen LogP contribution in [0, 0.1) is 5.92 Å². The minimum absolute atomic E-state index is 0.0590. The minimum Gasteiger partial charge on any atom is -0.480 e. The summed E-state index contributed by atoms with van der Waals surface area (Å²) in [5, 5.41) is 19.2. The monoisotopic (exact) mass is 624 g/mol. The Labute approximate surface area is 263 Å². The van der Waals surface area contributed by atoms with Gasteiger partial charge in [0.15, 0.2) is 0 Å². The van der Waals surface area contributed by atoms with E-state index in [1.165, 1.54) is 0 Å². The second-order valence-corrected chi connectivity index (χ2v) is 12.3. The van der Waals surface area contributed by atoms with Crippen molar-refractivity contribution >= 4 is 30.0 Å². The van der Waals surface area contributed by atoms with Crippen LogP contribution in [0.1, 0.15) is 70.9 Å². The van der Waals surface area contributed by atoms with Gasteiger partial charge in [0.1, 0.15) is 30.8 Å². The molecule has 0 heterocycles. The SMILES string of the molecule is CC(C)[C@H](NC(=O)OC(C)(C)C)C(=O)N[C@@H](CCCCNC(=O)OCC1c2ccccc2-c2ccccc21)C(=O)NCC(=O)O. The number of unbranched alkanes of at least 4 members (excludes halogenated alkanes) is 1. The van der Waals surface area contributed by atoms with Gasteiger partial charge in [-0.25, -0.2) is 9.59 Å². The van der Waals surface area contributed by atoms with Gasteiger partial charge in [-0.15, -0.1) is 0 Å². The van der Waals surface area contributed by atoms with Crippen molar-refractivity contribution in [1.29, 1.82) is 0 Å². The molecule has 4 amide bonds. The molecule has 3 rings (SSSR count). The van der Waals surface area contributed by atoms with Crippen LogP contribution in [-0.2, 0) is 23.9 Å². The number of carbonyl (C=O) groups is 5. The van der Waals surface area contributed by atoms with Gasteiger partial charge in [0.2, 0.25) is 11.8 Å². The highest BCUT2D eigenvalue weighted by atomic mass is 16.6. The van der Waals surface area contributed by atoms with Crippen LogP contribution in [0.5, 0.6) is 0 Å². The summed E-state index contributed by atoms with van der Waals surface area (Å²) < 4.78 is 10.8. The first-order chi connectivity index (χ1) is 21.3. The lowest BCUT2D eigenvalue weighted by Gasteiger charge is -2.27. The molecule has 5 N–H and O–H groups in total. The third-order valence-electron chi connectivity index (χ3n) is 7.20. The van der Waals surface area contributed by atoms with Crippen molar-refractivity contribution in [2.75, 3.05) is 19.7 Å². The predicted octanol–water partition coefficient (Wildman–Crippen LogP) is 3.93. The largest absolute Gasteiger partial charge is 0.480 e. The summed E-state index contributed by atoms with van der Waals surface area (Å²) in [5.41, 5.74) is 3.73. The lowest BCUT2D eigenvalue weighted by atomic mass is 9.98. The number of carboxylic acid groups (broad SMARTS) is 1. The molecule has 2 atom stereocenters. The molecule has 1 aliphatic rings. The van der Waals surface area contributed by atoms with E-state index in [4.69, 9.17) is 14.6 Å². The number of fused-ring (bicyclic) bond motifs is 3. The molecule has 1 aliphatic carbocycles. The molecule has 0 bridgehead atoms. The molecule has 0 saturated carbocycles. The summed E-state index contributed by atoms with van der Waals surface area (Å²) in [6.07, 6.45) is -0.287. The van der Waals surface area contributed by atoms with Crippen molar-refractivity contribution in [3.05, 3.63) is 59.7 Å². The zero-order chi connectivity index (χ0) is 33.1. The van der Waals surface area contributed by atoms with Crippen molar-refractivity contribution in [1.82, 2.24) is 21.3 Å². The van der Waals surface area contributed by atoms with Crippen LogP contribution in [0.25, 0.3) is 11.1 Å². The molecule has 0 fully saturated rings. The highest BCUT2D eigenvalue weighted by molar-refractivity contribution is 5.92. The molecule has 0 unspecified atom stereocenters. The van der Waals surface area contributed by atoms with Gasteiger partial charge in [-0.2, -0.15) is 0 Å². The van der Waals surface area contributed by atoms with Crippen LogP contribution in [0.2, 0.25) is 0 Å². The fraction of sp³-hybridized carbons (Fsp3) is 0.485. The third-order valence-corrected chi connectivity index (χ3v) is 7.20. The second kappa shape index (κ2) is 15.9. The van der Waals surface area contributed by atoms with Gasteiger partial charge >= 0.3 is 18.2 Å². The summed E-state index contributed by atoms with van der Waals surface area (Å²) in [6, 6.07) is 14.1. The van der Waals surface area contributed by atoms with E-state index in [9.17, 15) is 24.0 Å². The van der Waals surface area contributed by atoms with Gasteiger partial charge in [-0.1, -0.05) is 62.4 Å². The molecule has 0 saturated heterocycles. The number of carboxylic acids is 1. The zero-order valence-corrected chi connectivity index (χ0v) is 26.5. The van der Waals surface area contributed by atoms with Crippen molar-refractivity contribution in [2.24, 2.45) is 5.92 Å². The van der Waals surface area contributed by atoms with Crippen molar-refractivity contribution < 1.29 is 38.6 Å². The molecule has 244 valence electrons. The summed E-state index contributed by atoms with van der Waals surface area (Å²) >= 11 is 0. The fourth-order valence-corrected chi connectivity index (χ4v) is 5.10. The zero-order valence-electron chi connectivity index (χ0n) is 26.5. The van der Waals surface area contributed by atoms with E-state index < -0.39 is 54.2 Å². The Bertz CT molecular complexity index is 1320. The minimum atomic E-state index is -1.23. The van der Waals surface area contributed by atoms with E-state index >= 15 is 0 Å². The number of rotatable bonds is 14. The first-order valence-corrected chi connectivity index (χ1v) is 15.1. The molecular weight excluding hydrogens is 580 g/mol. The average molecular weight is 625 g/mol. The smallest absolute Gasteiger partial charge is 0.408 e. The normalized spacial score (nSPS) is 13.6. The Balaban J connectivity index is 1.50. The first kappa shape index (κ1) is 34.9. The number of hydrogen-bond donors (Lipinski definition) is 5. The van der Waals surface area contributed by atoms with Gasteiger partial charge in [0.25, 0.3) is 0 Å². The van der Waals surface area contributed by atoms with E-state index in [0.717, 1.165) is 22.3 Å². The molecule has 2 aromatic carbocycles. The van der Waals surface area contributed by atoms with E-state index in [0.29, 0.717) is 12.8 Å². The quantitative estimate of drug-likeness (QED) is 0.197. The van der Waals surface area contributed by atoms with Crippen LogP contribution in [-0.4, -0.2) is 72.5 Å². The lowest BCUT2D eigenvalue weighted by molar-refractivity contribution is -0.138. The molecular formula is C33H44N4O8. The maximum absolute atomic E-state index is 13.1. The lowest BCUT2D eigenvalue weighted by Crippen LogP contribution is -2.56. The Morgan fingerprint density at radius 2 is 1.42 bits per heavy atom. The Hall–Kier alpha value is -4.61. The average Bonchev–Trinajstić information content (AvgIpc) is 3.29. The van der Waals surface area contributed by atoms with Crippen LogP contribution in [0.15, 0.2) is 48.5 Å². The van der Waals surface area contributed by atoms with Crippen molar-refractivity contribution in [3.63, 3.8) is 0 Å². The van der Waals surface area contributed by atoms with Crippen LogP contribution in [0.3, 0.4) is 0 Å². The number of aliphatic carboxylic acids is 1. The highest BCUT2D eigenvalue weighted by Gasteiger charge is 2.31. The number of carbonyl (C=O) groups excluding carboxylic acids is 4. The van der Waals surface area contributed by atoms with E-state index in [-0.39, 0.29) is 31.4 Å². The summed E-state index contributed by atoms with van der Waals surface area (Å²) in [5.74, 6) is -2.90. The molecule has 0 aliphatic heterocycles. The number of alkyl carbamates (subject to hydrolysis) is 2. The molecule has 12 nitrogen and oxygen atoms in total. The maximum Gasteiger partial charge on any atom is 0.408 e. The van der Waals surface area contributed by atoms with Gasteiger partial charge in [0.05, 0.1) is 0 Å². The highest BCUT2D eigenvalue weighted by Crippen LogP contribution is 2.44. The standard InChI is InChI=1S/C33H44N4O8/c1-20(2)28(37-32(43)45-33(3,4)5)30(41)36-26(29(40)35-18-27(38)39)16-10-11-17-34-31(42)44-19-25-23-14-8-6-12-21(23)22-13-7-9-15-24(22)25/h6-9,12-15,20,25-26,28H,10-11,16-19H2,1-5H3,(H,34,42)(H,35,40)(H,36,41)(H,37,43)(H,38,39)/t26-,28-/m0/s1. The first-order valence-electron chi connectivity index (χ1n) is 15.1. The Morgan fingerprint density at radius 1 is 0.822 bits per heavy atom. The predicted molar refractivity (Wildman–Crippen MR) is 167 cm³/mol. The summed E-state index contributed by atoms with van der Waals surface area (Å²) in [6.45, 7) is 8.40. The van der Waals surface area contributed by atoms with Gasteiger partial charge in [0, 0.05) is 12.5 Å². The van der Waals surface area contributed by atoms with Gasteiger partial charge < -0.3 is 35.8 Å². The third kappa shape index (κ3) is 10.5.